The Morgan fingerprint density at radius 2 is 1.84 bits per heavy atom. The molecule has 3 N–H and O–H groups in total. The number of aryl methyl sites for hydroxylation is 2. The number of carbonyl (C=O) groups excluding carboxylic acids is 1. The molecule has 1 aromatic heterocycles. The van der Waals surface area contributed by atoms with Crippen LogP contribution in [0.25, 0.3) is 0 Å². The molecule has 4 rings (SSSR count). The van der Waals surface area contributed by atoms with E-state index in [1.165, 1.54) is 17.2 Å². The van der Waals surface area contributed by atoms with Crippen LogP contribution in [0.1, 0.15) is 23.1 Å². The van der Waals surface area contributed by atoms with Gasteiger partial charge in [-0.1, -0.05) is 36.4 Å². The van der Waals surface area contributed by atoms with E-state index in [0.717, 1.165) is 35.1 Å². The van der Waals surface area contributed by atoms with Crippen molar-refractivity contribution in [1.29, 1.82) is 0 Å². The minimum absolute atomic E-state index is 0.0354. The van der Waals surface area contributed by atoms with E-state index in [-0.39, 0.29) is 19.7 Å². The molecule has 0 fully saturated rings. The fourth-order valence-corrected chi connectivity index (χ4v) is 3.65. The van der Waals surface area contributed by atoms with Gasteiger partial charge in [0.2, 0.25) is 0 Å². The number of aromatic amines is 1. The van der Waals surface area contributed by atoms with Gasteiger partial charge in [0.05, 0.1) is 0 Å². The second-order valence-electron chi connectivity index (χ2n) is 7.43. The van der Waals surface area contributed by atoms with Crippen molar-refractivity contribution in [2.45, 2.75) is 32.4 Å². The summed E-state index contributed by atoms with van der Waals surface area (Å²) in [4.78, 5) is 39.2. The normalized spacial score (nSPS) is 12.3. The minimum atomic E-state index is -0.608. The summed E-state index contributed by atoms with van der Waals surface area (Å²) >= 11 is 0. The van der Waals surface area contributed by atoms with Gasteiger partial charge in [0.25, 0.3) is 5.56 Å². The molecule has 0 spiro atoms. The average Bonchev–Trinajstić information content (AvgIpc) is 3.23. The Morgan fingerprint density at radius 1 is 1.03 bits per heavy atom. The number of carbonyl (C=O) groups is 1. The summed E-state index contributed by atoms with van der Waals surface area (Å²) in [7, 11) is 0. The summed E-state index contributed by atoms with van der Waals surface area (Å²) in [5.41, 5.74) is 3.35. The quantitative estimate of drug-likeness (QED) is 0.545. The number of amides is 1. The molecule has 1 heterocycles. The summed E-state index contributed by atoms with van der Waals surface area (Å²) in [5, 5.41) is 5.64. The van der Waals surface area contributed by atoms with Crippen molar-refractivity contribution < 1.29 is 9.53 Å². The third kappa shape index (κ3) is 5.22. The second-order valence-corrected chi connectivity index (χ2v) is 7.43. The Bertz CT molecular complexity index is 1150. The lowest BCUT2D eigenvalue weighted by Gasteiger charge is -2.11. The van der Waals surface area contributed by atoms with Crippen molar-refractivity contribution >= 4 is 17.6 Å². The molecule has 0 bridgehead atoms. The molecule has 8 nitrogen and oxygen atoms in total. The SMILES string of the molecule is O=C(NCCn1c(=O)cc(Nc2ccc3c(c2)CCC3)[nH]c1=O)OCc1ccccc1. The molecule has 3 aromatic rings. The van der Waals surface area contributed by atoms with E-state index >= 15 is 0 Å². The van der Waals surface area contributed by atoms with Crippen LogP contribution in [-0.2, 0) is 30.7 Å². The first-order valence-electron chi connectivity index (χ1n) is 10.3. The van der Waals surface area contributed by atoms with Crippen LogP contribution < -0.4 is 21.9 Å². The number of rotatable bonds is 7. The van der Waals surface area contributed by atoms with Crippen LogP contribution in [0.4, 0.5) is 16.3 Å². The third-order valence-corrected chi connectivity index (χ3v) is 5.22. The number of anilines is 2. The molecule has 8 heteroatoms. The molecule has 0 atom stereocenters. The van der Waals surface area contributed by atoms with Gasteiger partial charge in [0, 0.05) is 24.8 Å². The van der Waals surface area contributed by atoms with Gasteiger partial charge >= 0.3 is 11.8 Å². The highest BCUT2D eigenvalue weighted by Gasteiger charge is 2.12. The Morgan fingerprint density at radius 3 is 2.65 bits per heavy atom. The summed E-state index contributed by atoms with van der Waals surface area (Å²) < 4.78 is 6.14. The maximum Gasteiger partial charge on any atom is 0.407 e. The van der Waals surface area contributed by atoms with Crippen LogP contribution in [0.5, 0.6) is 0 Å². The highest BCUT2D eigenvalue weighted by Crippen LogP contribution is 2.25. The molecule has 0 unspecified atom stereocenters. The summed E-state index contributed by atoms with van der Waals surface area (Å²) in [5.74, 6) is 0.333. The Balaban J connectivity index is 1.31. The molecular formula is C23H24N4O4. The van der Waals surface area contributed by atoms with Crippen molar-refractivity contribution in [1.82, 2.24) is 14.9 Å². The van der Waals surface area contributed by atoms with Crippen LogP contribution in [0.2, 0.25) is 0 Å². The second kappa shape index (κ2) is 9.34. The molecular weight excluding hydrogens is 396 g/mol. The van der Waals surface area contributed by atoms with Crippen molar-refractivity contribution in [3.05, 3.63) is 92.1 Å². The van der Waals surface area contributed by atoms with E-state index in [0.29, 0.717) is 5.82 Å². The third-order valence-electron chi connectivity index (χ3n) is 5.22. The highest BCUT2D eigenvalue weighted by atomic mass is 16.5. The van der Waals surface area contributed by atoms with Crippen molar-refractivity contribution in [2.24, 2.45) is 0 Å². The lowest BCUT2D eigenvalue weighted by Crippen LogP contribution is -2.39. The average molecular weight is 420 g/mol. The van der Waals surface area contributed by atoms with Crippen LogP contribution in [0, 0.1) is 0 Å². The molecule has 1 amide bonds. The van der Waals surface area contributed by atoms with Gasteiger partial charge in [0.15, 0.2) is 0 Å². The summed E-state index contributed by atoms with van der Waals surface area (Å²) in [6.07, 6.45) is 2.68. The molecule has 0 saturated carbocycles. The molecule has 1 aliphatic rings. The summed E-state index contributed by atoms with van der Waals surface area (Å²) in [6.45, 7) is 0.276. The first-order chi connectivity index (χ1) is 15.1. The lowest BCUT2D eigenvalue weighted by molar-refractivity contribution is 0.139. The number of fused-ring (bicyclic) bond motifs is 1. The van der Waals surface area contributed by atoms with Crippen molar-refractivity contribution in [2.75, 3.05) is 11.9 Å². The van der Waals surface area contributed by atoms with E-state index < -0.39 is 17.3 Å². The maximum atomic E-state index is 12.4. The Labute approximate surface area is 178 Å². The Hall–Kier alpha value is -3.81. The lowest BCUT2D eigenvalue weighted by atomic mass is 10.1. The first-order valence-corrected chi connectivity index (χ1v) is 10.3. The van der Waals surface area contributed by atoms with Gasteiger partial charge in [0.1, 0.15) is 12.4 Å². The number of nitrogens with zero attached hydrogens (tertiary/aromatic N) is 1. The number of nitrogens with one attached hydrogen (secondary N) is 3. The van der Waals surface area contributed by atoms with Gasteiger partial charge in [-0.25, -0.2) is 9.59 Å². The van der Waals surface area contributed by atoms with Crippen LogP contribution >= 0.6 is 0 Å². The van der Waals surface area contributed by atoms with Crippen LogP contribution in [-0.4, -0.2) is 22.2 Å². The maximum absolute atomic E-state index is 12.4. The zero-order chi connectivity index (χ0) is 21.6. The molecule has 31 heavy (non-hydrogen) atoms. The fourth-order valence-electron chi connectivity index (χ4n) is 3.65. The van der Waals surface area contributed by atoms with Gasteiger partial charge < -0.3 is 15.4 Å². The van der Waals surface area contributed by atoms with E-state index in [9.17, 15) is 14.4 Å². The van der Waals surface area contributed by atoms with Gasteiger partial charge in [-0.2, -0.15) is 0 Å². The molecule has 0 aliphatic heterocycles. The van der Waals surface area contributed by atoms with E-state index in [4.69, 9.17) is 4.74 Å². The monoisotopic (exact) mass is 420 g/mol. The minimum Gasteiger partial charge on any atom is -0.445 e. The smallest absolute Gasteiger partial charge is 0.407 e. The standard InChI is InChI=1S/C23H24N4O4/c28-21-14-20(25-19-10-9-17-7-4-8-18(17)13-19)26-22(29)27(21)12-11-24-23(30)31-15-16-5-2-1-3-6-16/h1-3,5-6,9-10,13-14,25H,4,7-8,11-12,15H2,(H,24,30)(H,26,29). The van der Waals surface area contributed by atoms with E-state index in [2.05, 4.69) is 27.8 Å². The summed E-state index contributed by atoms with van der Waals surface area (Å²) in [6, 6.07) is 16.7. The number of hydrogen-bond acceptors (Lipinski definition) is 5. The van der Waals surface area contributed by atoms with Gasteiger partial charge in [-0.15, -0.1) is 0 Å². The first kappa shape index (κ1) is 20.5. The molecule has 1 aliphatic carbocycles. The van der Waals surface area contributed by atoms with E-state index in [1.807, 2.05) is 36.4 Å². The topological polar surface area (TPSA) is 105 Å². The van der Waals surface area contributed by atoms with Crippen molar-refractivity contribution in [3.8, 4) is 0 Å². The number of alkyl carbamates (subject to hydrolysis) is 1. The number of H-pyrrole nitrogens is 1. The van der Waals surface area contributed by atoms with Crippen LogP contribution in [0.15, 0.2) is 64.2 Å². The molecule has 160 valence electrons. The zero-order valence-electron chi connectivity index (χ0n) is 17.0. The molecule has 0 radical (unpaired) electrons. The van der Waals surface area contributed by atoms with E-state index in [1.54, 1.807) is 0 Å². The predicted octanol–water partition coefficient (Wildman–Crippen LogP) is 2.70. The number of hydrogen-bond donors (Lipinski definition) is 3. The van der Waals surface area contributed by atoms with Gasteiger partial charge in [-0.3, -0.25) is 14.3 Å². The van der Waals surface area contributed by atoms with Crippen LogP contribution in [0.3, 0.4) is 0 Å². The highest BCUT2D eigenvalue weighted by molar-refractivity contribution is 5.67. The largest absolute Gasteiger partial charge is 0.445 e. The molecule has 0 saturated heterocycles. The van der Waals surface area contributed by atoms with Crippen molar-refractivity contribution in [3.63, 3.8) is 0 Å². The number of benzene rings is 2. The Kier molecular flexibility index (Phi) is 6.16. The number of aromatic nitrogens is 2. The molecule has 2 aromatic carbocycles. The van der Waals surface area contributed by atoms with Gasteiger partial charge in [-0.05, 0) is 48.1 Å². The number of ether oxygens (including phenoxy) is 1. The zero-order valence-corrected chi connectivity index (χ0v) is 17.0. The predicted molar refractivity (Wildman–Crippen MR) is 118 cm³/mol. The fraction of sp³-hybridized carbons (Fsp3) is 0.261.